The highest BCUT2D eigenvalue weighted by Gasteiger charge is 2.29. The number of nitrogens with two attached hydrogens (primary N) is 1. The molecule has 0 radical (unpaired) electrons. The molecule has 1 saturated heterocycles. The number of rotatable bonds is 3. The number of piperazine rings is 1. The highest BCUT2D eigenvalue weighted by Crippen LogP contribution is 2.30. The third-order valence-electron chi connectivity index (χ3n) is 5.34. The Balaban J connectivity index is 1.35. The number of hydrogen-bond donors (Lipinski definition) is 1. The number of carbonyl (C=O) groups is 1. The maximum atomic E-state index is 12.5. The fourth-order valence-electron chi connectivity index (χ4n) is 3.81. The molecule has 1 saturated carbocycles. The van der Waals surface area contributed by atoms with E-state index in [9.17, 15) is 4.79 Å². The van der Waals surface area contributed by atoms with E-state index in [-0.39, 0.29) is 11.9 Å². The molecular formula is C18H24N4OS. The second kappa shape index (κ2) is 6.69. The molecule has 0 bridgehead atoms. The van der Waals surface area contributed by atoms with Crippen LogP contribution >= 0.6 is 11.3 Å². The van der Waals surface area contributed by atoms with E-state index in [2.05, 4.69) is 23.1 Å². The summed E-state index contributed by atoms with van der Waals surface area (Å²) in [4.78, 5) is 21.6. The van der Waals surface area contributed by atoms with E-state index in [0.717, 1.165) is 49.7 Å². The maximum absolute atomic E-state index is 12.5. The van der Waals surface area contributed by atoms with Gasteiger partial charge in [-0.05, 0) is 30.9 Å². The lowest BCUT2D eigenvalue weighted by Crippen LogP contribution is -2.49. The van der Waals surface area contributed by atoms with Crippen LogP contribution in [0.3, 0.4) is 0 Å². The van der Waals surface area contributed by atoms with Crippen molar-refractivity contribution in [2.75, 3.05) is 31.1 Å². The number of amides is 1. The fraction of sp³-hybridized carbons (Fsp3) is 0.556. The first kappa shape index (κ1) is 15.8. The van der Waals surface area contributed by atoms with Crippen LogP contribution in [0.4, 0.5) is 5.13 Å². The Morgan fingerprint density at radius 3 is 2.71 bits per heavy atom. The Morgan fingerprint density at radius 2 is 2.00 bits per heavy atom. The van der Waals surface area contributed by atoms with Gasteiger partial charge in [0, 0.05) is 38.6 Å². The molecule has 2 atom stereocenters. The summed E-state index contributed by atoms with van der Waals surface area (Å²) in [6.07, 6.45) is 3.98. The minimum absolute atomic E-state index is 0.220. The number of benzene rings is 1. The van der Waals surface area contributed by atoms with Crippen LogP contribution < -0.4 is 10.6 Å². The van der Waals surface area contributed by atoms with E-state index in [1.807, 2.05) is 11.0 Å². The molecule has 1 aromatic carbocycles. The minimum Gasteiger partial charge on any atom is -0.345 e. The first-order valence-corrected chi connectivity index (χ1v) is 9.66. The number of anilines is 1. The topological polar surface area (TPSA) is 62.5 Å². The molecule has 1 aromatic heterocycles. The molecule has 2 aromatic rings. The van der Waals surface area contributed by atoms with Crippen molar-refractivity contribution in [3.63, 3.8) is 0 Å². The van der Waals surface area contributed by atoms with Crippen molar-refractivity contribution in [3.05, 3.63) is 24.3 Å². The second-order valence-corrected chi connectivity index (χ2v) is 7.90. The highest BCUT2D eigenvalue weighted by molar-refractivity contribution is 7.22. The van der Waals surface area contributed by atoms with Crippen molar-refractivity contribution in [2.45, 2.75) is 31.7 Å². The Labute approximate surface area is 146 Å². The summed E-state index contributed by atoms with van der Waals surface area (Å²) in [6.45, 7) is 3.30. The van der Waals surface area contributed by atoms with Crippen molar-refractivity contribution in [1.29, 1.82) is 0 Å². The molecule has 128 valence electrons. The van der Waals surface area contributed by atoms with Gasteiger partial charge in [0.25, 0.3) is 0 Å². The standard InChI is InChI=1S/C18H24N4OS/c19-14-5-3-4-13(14)12-17(23)21-8-10-22(11-9-21)18-20-15-6-1-2-7-16(15)24-18/h1-2,6-7,13-14H,3-5,8-12,19H2/t13-,14+/m0/s1. The second-order valence-electron chi connectivity index (χ2n) is 6.89. The van der Waals surface area contributed by atoms with Crippen molar-refractivity contribution >= 4 is 32.6 Å². The van der Waals surface area contributed by atoms with Gasteiger partial charge in [-0.1, -0.05) is 29.9 Å². The smallest absolute Gasteiger partial charge is 0.223 e. The monoisotopic (exact) mass is 344 g/mol. The van der Waals surface area contributed by atoms with Gasteiger partial charge in [0.2, 0.25) is 5.91 Å². The lowest BCUT2D eigenvalue weighted by Gasteiger charge is -2.35. The summed E-state index contributed by atoms with van der Waals surface area (Å²) in [5, 5.41) is 1.07. The van der Waals surface area contributed by atoms with Gasteiger partial charge in [-0.2, -0.15) is 0 Å². The van der Waals surface area contributed by atoms with E-state index in [0.29, 0.717) is 12.3 Å². The van der Waals surface area contributed by atoms with Gasteiger partial charge in [-0.3, -0.25) is 4.79 Å². The van der Waals surface area contributed by atoms with Crippen LogP contribution in [0.5, 0.6) is 0 Å². The molecule has 4 rings (SSSR count). The number of thiazole rings is 1. The first-order chi connectivity index (χ1) is 11.7. The predicted octanol–water partition coefficient (Wildman–Crippen LogP) is 2.46. The molecule has 2 heterocycles. The summed E-state index contributed by atoms with van der Waals surface area (Å²) < 4.78 is 1.22. The number of carbonyl (C=O) groups excluding carboxylic acids is 1. The lowest BCUT2D eigenvalue weighted by molar-refractivity contribution is -0.132. The molecule has 2 fully saturated rings. The third-order valence-corrected chi connectivity index (χ3v) is 6.44. The number of hydrogen-bond acceptors (Lipinski definition) is 5. The minimum atomic E-state index is 0.220. The Kier molecular flexibility index (Phi) is 4.41. The summed E-state index contributed by atoms with van der Waals surface area (Å²) >= 11 is 1.73. The van der Waals surface area contributed by atoms with Gasteiger partial charge in [-0.25, -0.2) is 4.98 Å². The number of fused-ring (bicyclic) bond motifs is 1. The zero-order valence-corrected chi connectivity index (χ0v) is 14.7. The van der Waals surface area contributed by atoms with Crippen molar-refractivity contribution in [1.82, 2.24) is 9.88 Å². The summed E-state index contributed by atoms with van der Waals surface area (Å²) in [5.41, 5.74) is 7.17. The van der Waals surface area contributed by atoms with Gasteiger partial charge >= 0.3 is 0 Å². The van der Waals surface area contributed by atoms with E-state index < -0.39 is 0 Å². The van der Waals surface area contributed by atoms with Crippen molar-refractivity contribution in [2.24, 2.45) is 11.7 Å². The zero-order valence-electron chi connectivity index (χ0n) is 13.9. The Morgan fingerprint density at radius 1 is 1.21 bits per heavy atom. The first-order valence-electron chi connectivity index (χ1n) is 8.84. The zero-order chi connectivity index (χ0) is 16.5. The number of para-hydroxylation sites is 1. The van der Waals surface area contributed by atoms with Gasteiger partial charge < -0.3 is 15.5 Å². The molecule has 5 nitrogen and oxygen atoms in total. The Bertz CT molecular complexity index is 690. The normalized spacial score (nSPS) is 24.7. The fourth-order valence-corrected chi connectivity index (χ4v) is 4.83. The maximum Gasteiger partial charge on any atom is 0.223 e. The van der Waals surface area contributed by atoms with Crippen LogP contribution in [0.15, 0.2) is 24.3 Å². The Hall–Kier alpha value is -1.66. The average Bonchev–Trinajstić information content (AvgIpc) is 3.21. The van der Waals surface area contributed by atoms with Crippen molar-refractivity contribution < 1.29 is 4.79 Å². The molecular weight excluding hydrogens is 320 g/mol. The van der Waals surface area contributed by atoms with Crippen LogP contribution in [-0.2, 0) is 4.79 Å². The molecule has 0 unspecified atom stereocenters. The number of aromatic nitrogens is 1. The third kappa shape index (κ3) is 3.13. The molecule has 2 N–H and O–H groups in total. The molecule has 6 heteroatoms. The molecule has 1 amide bonds. The summed E-state index contributed by atoms with van der Waals surface area (Å²) in [5.74, 6) is 0.668. The van der Waals surface area contributed by atoms with Crippen LogP contribution in [0.1, 0.15) is 25.7 Å². The molecule has 1 aliphatic carbocycles. The summed E-state index contributed by atoms with van der Waals surface area (Å²) in [6, 6.07) is 8.46. The van der Waals surface area contributed by atoms with E-state index in [4.69, 9.17) is 10.7 Å². The predicted molar refractivity (Wildman–Crippen MR) is 98.3 cm³/mol. The quantitative estimate of drug-likeness (QED) is 0.929. The van der Waals surface area contributed by atoms with Crippen LogP contribution in [-0.4, -0.2) is 48.0 Å². The van der Waals surface area contributed by atoms with Crippen LogP contribution in [0.2, 0.25) is 0 Å². The van der Waals surface area contributed by atoms with Gasteiger partial charge in [0.15, 0.2) is 5.13 Å². The number of nitrogens with zero attached hydrogens (tertiary/aromatic N) is 3. The molecule has 1 aliphatic heterocycles. The van der Waals surface area contributed by atoms with Crippen LogP contribution in [0, 0.1) is 5.92 Å². The SMILES string of the molecule is N[C@@H]1CCC[C@H]1CC(=O)N1CCN(c2nc3ccccc3s2)CC1. The molecule has 24 heavy (non-hydrogen) atoms. The van der Waals surface area contributed by atoms with E-state index >= 15 is 0 Å². The van der Waals surface area contributed by atoms with E-state index in [1.54, 1.807) is 11.3 Å². The van der Waals surface area contributed by atoms with Gasteiger partial charge in [-0.15, -0.1) is 0 Å². The highest BCUT2D eigenvalue weighted by atomic mass is 32.1. The lowest BCUT2D eigenvalue weighted by atomic mass is 9.99. The van der Waals surface area contributed by atoms with E-state index in [1.165, 1.54) is 11.1 Å². The summed E-state index contributed by atoms with van der Waals surface area (Å²) in [7, 11) is 0. The average molecular weight is 344 g/mol. The van der Waals surface area contributed by atoms with Gasteiger partial charge in [0.1, 0.15) is 0 Å². The van der Waals surface area contributed by atoms with Gasteiger partial charge in [0.05, 0.1) is 10.2 Å². The molecule has 2 aliphatic rings. The van der Waals surface area contributed by atoms with Crippen LogP contribution in [0.25, 0.3) is 10.2 Å². The molecule has 0 spiro atoms. The largest absolute Gasteiger partial charge is 0.345 e. The van der Waals surface area contributed by atoms with Crippen molar-refractivity contribution in [3.8, 4) is 0 Å².